The second-order valence-corrected chi connectivity index (χ2v) is 20.7. The average Bonchev–Trinajstić information content (AvgIpc) is 3.78. The molecule has 0 spiro atoms. The van der Waals surface area contributed by atoms with Gasteiger partial charge in [-0.2, -0.15) is 0 Å². The SMILES string of the molecule is CCn1c(-c2cccnc2C(C)C)c2c3cc(ccc31)-c1cc(O)cc(c1)C[C@H](NC(=O)[C@H](C(C)C)N(C)C(=O)CN(C)C(=O)C1C[C@@H]3N[C@@H]3C1)C(=O)N1CCC[C@H](N1)C(=O)OCC(C)(C)C2. The number of phenols is 1. The summed E-state index contributed by atoms with van der Waals surface area (Å²) in [4.78, 5) is 77.9. The highest BCUT2D eigenvalue weighted by atomic mass is 16.5. The number of aryl methyl sites for hydroxylation is 1. The normalized spacial score (nSPS) is 23.1. The van der Waals surface area contributed by atoms with Crippen LogP contribution >= 0.6 is 0 Å². The van der Waals surface area contributed by atoms with Gasteiger partial charge in [-0.3, -0.25) is 34.0 Å². The van der Waals surface area contributed by atoms with E-state index in [1.807, 2.05) is 38.2 Å². The molecule has 1 aliphatic carbocycles. The molecule has 4 N–H and O–H groups in total. The molecule has 2 aromatic heterocycles. The van der Waals surface area contributed by atoms with Crippen LogP contribution in [0.25, 0.3) is 33.3 Å². The molecule has 4 aromatic rings. The summed E-state index contributed by atoms with van der Waals surface area (Å²) in [7, 11) is 3.17. The zero-order valence-corrected chi connectivity index (χ0v) is 40.5. The molecule has 358 valence electrons. The molecule has 4 amide bonds. The Kier molecular flexibility index (Phi) is 13.6. The lowest BCUT2D eigenvalue weighted by atomic mass is 9.83. The molecule has 5 heterocycles. The van der Waals surface area contributed by atoms with E-state index in [9.17, 15) is 29.1 Å². The van der Waals surface area contributed by atoms with Gasteiger partial charge in [-0.25, -0.2) is 5.43 Å². The monoisotopic (exact) mass is 917 g/mol. The third kappa shape index (κ3) is 9.94. The molecular weight excluding hydrogens is 849 g/mol. The summed E-state index contributed by atoms with van der Waals surface area (Å²) < 4.78 is 8.45. The van der Waals surface area contributed by atoms with E-state index in [1.54, 1.807) is 26.2 Å². The first-order chi connectivity index (χ1) is 31.8. The molecular formula is C52H68N8O7. The van der Waals surface area contributed by atoms with Crippen molar-refractivity contribution in [2.45, 2.75) is 130 Å². The van der Waals surface area contributed by atoms with Gasteiger partial charge in [0, 0.05) is 79.7 Å². The van der Waals surface area contributed by atoms with Crippen LogP contribution in [0.4, 0.5) is 0 Å². The highest BCUT2D eigenvalue weighted by molar-refractivity contribution is 5.96. The number of phenolic OH excluding ortho intramolecular Hbond substituents is 1. The number of carbonyl (C=O) groups excluding carboxylic acids is 5. The lowest BCUT2D eigenvalue weighted by Gasteiger charge is -2.37. The van der Waals surface area contributed by atoms with Crippen molar-refractivity contribution in [3.63, 3.8) is 0 Å². The standard InChI is InChI=1S/C52H68N8O7/c1-10-59-43-16-15-32-23-37(43)38(47(59)36-13-11-17-53-45(36)29(2)3)26-52(6,7)28-67-51(66)39-14-12-18-60(56-39)50(65)42(21-31-19-33(32)22-35(61)20-31)55-48(63)46(30(4)5)58(9)44(62)27-57(8)49(64)34-24-40-41(25-34)54-40/h11,13,15-17,19-20,22-23,29-30,34,39-42,46,54,56,61H,10,12,14,18,21,24-28H2,1-9H3,(H,55,63)/t34?,39-,40-,41+,42-,46-/m0/s1. The predicted octanol–water partition coefficient (Wildman–Crippen LogP) is 5.56. The molecule has 67 heavy (non-hydrogen) atoms. The zero-order valence-electron chi connectivity index (χ0n) is 40.5. The number of ether oxygens (including phenoxy) is 1. The van der Waals surface area contributed by atoms with Gasteiger partial charge in [-0.05, 0) is 110 Å². The molecule has 2 aromatic carbocycles. The second kappa shape index (κ2) is 19.1. The number of aromatic hydroxyl groups is 1. The molecule has 3 fully saturated rings. The number of cyclic esters (lactones) is 1. The number of amides is 4. The number of rotatable bonds is 10. The number of pyridine rings is 1. The maximum atomic E-state index is 14.7. The molecule has 6 atom stereocenters. The van der Waals surface area contributed by atoms with Crippen molar-refractivity contribution in [1.82, 2.24) is 40.4 Å². The molecule has 3 aliphatic heterocycles. The number of aromatic nitrogens is 2. The second-order valence-electron chi connectivity index (χ2n) is 20.7. The number of nitrogens with one attached hydrogen (secondary N) is 3. The van der Waals surface area contributed by atoms with Crippen LogP contribution in [0.1, 0.15) is 96.9 Å². The number of esters is 1. The Morgan fingerprint density at radius 3 is 2.46 bits per heavy atom. The van der Waals surface area contributed by atoms with Gasteiger partial charge in [-0.1, -0.05) is 53.7 Å². The lowest BCUT2D eigenvalue weighted by Crippen LogP contribution is -2.62. The maximum absolute atomic E-state index is 14.7. The number of benzene rings is 2. The van der Waals surface area contributed by atoms with E-state index in [0.29, 0.717) is 43.5 Å². The van der Waals surface area contributed by atoms with Gasteiger partial charge in [-0.15, -0.1) is 0 Å². The largest absolute Gasteiger partial charge is 0.508 e. The van der Waals surface area contributed by atoms with Crippen LogP contribution in [0.2, 0.25) is 0 Å². The molecule has 1 unspecified atom stereocenters. The maximum Gasteiger partial charge on any atom is 0.324 e. The summed E-state index contributed by atoms with van der Waals surface area (Å²) in [6, 6.07) is 13.4. The zero-order chi connectivity index (χ0) is 48.1. The van der Waals surface area contributed by atoms with E-state index in [4.69, 9.17) is 9.72 Å². The van der Waals surface area contributed by atoms with Gasteiger partial charge in [0.05, 0.1) is 24.5 Å². The van der Waals surface area contributed by atoms with E-state index < -0.39 is 47.2 Å². The number of piperidine rings is 1. The van der Waals surface area contributed by atoms with Crippen molar-refractivity contribution in [2.24, 2.45) is 17.3 Å². The summed E-state index contributed by atoms with van der Waals surface area (Å²) in [5, 5.41) is 20.1. The third-order valence-corrected chi connectivity index (χ3v) is 14.2. The van der Waals surface area contributed by atoms with Crippen LogP contribution in [0.3, 0.4) is 0 Å². The van der Waals surface area contributed by atoms with E-state index in [-0.39, 0.29) is 55.5 Å². The first-order valence-corrected chi connectivity index (χ1v) is 24.1. The minimum absolute atomic E-state index is 0.00140. The van der Waals surface area contributed by atoms with E-state index >= 15 is 0 Å². The predicted molar refractivity (Wildman–Crippen MR) is 256 cm³/mol. The molecule has 15 nitrogen and oxygen atoms in total. The average molecular weight is 917 g/mol. The Morgan fingerprint density at radius 1 is 1.01 bits per heavy atom. The summed E-state index contributed by atoms with van der Waals surface area (Å²) in [5.74, 6) is -2.29. The van der Waals surface area contributed by atoms with E-state index in [2.05, 4.69) is 73.4 Å². The Balaban J connectivity index is 1.16. The van der Waals surface area contributed by atoms with Crippen molar-refractivity contribution in [3.05, 3.63) is 71.5 Å². The van der Waals surface area contributed by atoms with Crippen LogP contribution in [0.15, 0.2) is 54.7 Å². The van der Waals surface area contributed by atoms with Crippen LogP contribution in [-0.4, -0.2) is 123 Å². The lowest BCUT2D eigenvalue weighted by molar-refractivity contribution is -0.155. The van der Waals surface area contributed by atoms with Crippen molar-refractivity contribution >= 4 is 40.5 Å². The number of hydrogen-bond donors (Lipinski definition) is 4. The Labute approximate surface area is 394 Å². The first kappa shape index (κ1) is 47.7. The smallest absolute Gasteiger partial charge is 0.324 e. The molecule has 0 radical (unpaired) electrons. The molecule has 2 saturated heterocycles. The fraction of sp³-hybridized carbons (Fsp3) is 0.538. The summed E-state index contributed by atoms with van der Waals surface area (Å²) >= 11 is 0. The Morgan fingerprint density at radius 2 is 1.76 bits per heavy atom. The van der Waals surface area contributed by atoms with Crippen LogP contribution in [0.5, 0.6) is 5.75 Å². The van der Waals surface area contributed by atoms with Crippen LogP contribution in [0, 0.1) is 17.3 Å². The van der Waals surface area contributed by atoms with Crippen molar-refractivity contribution in [2.75, 3.05) is 33.8 Å². The highest BCUT2D eigenvalue weighted by Crippen LogP contribution is 2.42. The Bertz CT molecular complexity index is 2560. The van der Waals surface area contributed by atoms with Crippen molar-refractivity contribution in [3.8, 4) is 28.1 Å². The van der Waals surface area contributed by atoms with Gasteiger partial charge in [0.1, 0.15) is 23.9 Å². The fourth-order valence-electron chi connectivity index (χ4n) is 10.7. The minimum atomic E-state index is -1.16. The van der Waals surface area contributed by atoms with Crippen molar-refractivity contribution in [1.29, 1.82) is 0 Å². The summed E-state index contributed by atoms with van der Waals surface area (Å²) in [6.07, 6.45) is 4.88. The van der Waals surface area contributed by atoms with Gasteiger partial charge >= 0.3 is 5.97 Å². The van der Waals surface area contributed by atoms with E-state index in [1.165, 1.54) is 14.8 Å². The summed E-state index contributed by atoms with van der Waals surface area (Å²) in [5.41, 5.74) is 10.1. The molecule has 15 heteroatoms. The number of nitrogens with zero attached hydrogens (tertiary/aromatic N) is 5. The molecule has 8 rings (SSSR count). The first-order valence-electron chi connectivity index (χ1n) is 24.1. The van der Waals surface area contributed by atoms with E-state index in [0.717, 1.165) is 57.4 Å². The number of fused-ring (bicyclic) bond motifs is 7. The number of carbonyl (C=O) groups is 5. The third-order valence-electron chi connectivity index (χ3n) is 14.2. The Hall–Kier alpha value is -5.80. The molecule has 4 aliphatic rings. The van der Waals surface area contributed by atoms with Crippen LogP contribution < -0.4 is 16.1 Å². The number of hydrazine groups is 1. The highest BCUT2D eigenvalue weighted by Gasteiger charge is 2.48. The topological polar surface area (TPSA) is 188 Å². The van der Waals surface area contributed by atoms with Crippen LogP contribution in [-0.2, 0) is 48.1 Å². The number of hydrogen-bond acceptors (Lipinski definition) is 10. The fourth-order valence-corrected chi connectivity index (χ4v) is 10.7. The summed E-state index contributed by atoms with van der Waals surface area (Å²) in [6.45, 7) is 15.2. The van der Waals surface area contributed by atoms with Gasteiger partial charge < -0.3 is 34.8 Å². The van der Waals surface area contributed by atoms with Gasteiger partial charge in [0.25, 0.3) is 5.91 Å². The van der Waals surface area contributed by atoms with Gasteiger partial charge in [0.2, 0.25) is 17.7 Å². The quantitative estimate of drug-likeness (QED) is 0.116. The van der Waals surface area contributed by atoms with Gasteiger partial charge in [0.15, 0.2) is 0 Å². The number of likely N-dealkylation sites (N-methyl/N-ethyl adjacent to an activating group) is 2. The minimum Gasteiger partial charge on any atom is -0.508 e. The molecule has 6 bridgehead atoms. The molecule has 1 saturated carbocycles. The van der Waals surface area contributed by atoms with Crippen molar-refractivity contribution < 1.29 is 33.8 Å².